The van der Waals surface area contributed by atoms with Crippen molar-refractivity contribution < 1.29 is 4.79 Å². The smallest absolute Gasteiger partial charge is 0.234 e. The number of fused-ring (bicyclic) bond motifs is 1. The van der Waals surface area contributed by atoms with Crippen LogP contribution in [-0.4, -0.2) is 10.5 Å². The lowest BCUT2D eigenvalue weighted by Gasteiger charge is -2.06. The lowest BCUT2D eigenvalue weighted by molar-refractivity contribution is 0.0891. The molecule has 0 atom stereocenters. The van der Waals surface area contributed by atoms with Gasteiger partial charge in [-0.1, -0.05) is 33.8 Å². The fourth-order valence-electron chi connectivity index (χ4n) is 2.24. The van der Waals surface area contributed by atoms with Crippen molar-refractivity contribution in [2.45, 2.75) is 46.5 Å². The summed E-state index contributed by atoms with van der Waals surface area (Å²) in [4.78, 5) is 12.1. The quantitative estimate of drug-likeness (QED) is 0.754. The molecule has 2 heteroatoms. The van der Waals surface area contributed by atoms with Gasteiger partial charge in [0.1, 0.15) is 0 Å². The van der Waals surface area contributed by atoms with Crippen molar-refractivity contribution in [1.29, 1.82) is 0 Å². The van der Waals surface area contributed by atoms with Crippen LogP contribution in [-0.2, 0) is 0 Å². The highest BCUT2D eigenvalue weighted by Crippen LogP contribution is 2.32. The van der Waals surface area contributed by atoms with E-state index in [2.05, 4.69) is 32.0 Å². The van der Waals surface area contributed by atoms with E-state index in [0.717, 1.165) is 18.4 Å². The Bertz CT molecular complexity index is 576. The van der Waals surface area contributed by atoms with Crippen LogP contribution in [0, 0.1) is 5.92 Å². The molecular weight excluding hydrogens is 234 g/mol. The zero-order valence-electron chi connectivity index (χ0n) is 12.3. The molecule has 0 N–H and O–H groups in total. The van der Waals surface area contributed by atoms with Crippen molar-refractivity contribution in [3.8, 4) is 0 Å². The minimum atomic E-state index is 0.261. The van der Waals surface area contributed by atoms with Crippen LogP contribution in [0.25, 0.3) is 10.9 Å². The van der Waals surface area contributed by atoms with Crippen LogP contribution >= 0.6 is 0 Å². The van der Waals surface area contributed by atoms with E-state index in [1.165, 1.54) is 10.9 Å². The maximum atomic E-state index is 12.1. The zero-order valence-corrected chi connectivity index (χ0v) is 12.3. The van der Waals surface area contributed by atoms with E-state index in [1.807, 2.05) is 30.7 Å². The predicted octanol–water partition coefficient (Wildman–Crippen LogP) is 4.84. The number of rotatable bonds is 2. The molecule has 2 nitrogen and oxygen atoms in total. The Morgan fingerprint density at radius 3 is 2.47 bits per heavy atom. The molecule has 0 unspecified atom stereocenters. The molecule has 2 aromatic rings. The van der Waals surface area contributed by atoms with Crippen LogP contribution in [0.1, 0.15) is 56.8 Å². The number of aromatic nitrogens is 1. The third-order valence-electron chi connectivity index (χ3n) is 3.54. The van der Waals surface area contributed by atoms with Crippen LogP contribution in [0.2, 0.25) is 0 Å². The number of nitrogens with zero attached hydrogens (tertiary/aromatic N) is 1. The topological polar surface area (TPSA) is 22.0 Å². The number of hydrogen-bond acceptors (Lipinski definition) is 1. The minimum absolute atomic E-state index is 0.261. The van der Waals surface area contributed by atoms with E-state index in [0.29, 0.717) is 5.92 Å². The molecule has 102 valence electrons. The first-order valence-corrected chi connectivity index (χ1v) is 7.32. The molecule has 1 saturated carbocycles. The summed E-state index contributed by atoms with van der Waals surface area (Å²) in [6.45, 7) is 8.38. The van der Waals surface area contributed by atoms with E-state index >= 15 is 0 Å². The first-order chi connectivity index (χ1) is 9.16. The van der Waals surface area contributed by atoms with Crippen LogP contribution in [0.3, 0.4) is 0 Å². The van der Waals surface area contributed by atoms with Crippen LogP contribution in [0.5, 0.6) is 0 Å². The average Bonchev–Trinajstić information content (AvgIpc) is 3.19. The van der Waals surface area contributed by atoms with Crippen molar-refractivity contribution >= 4 is 16.8 Å². The molecule has 3 rings (SSSR count). The van der Waals surface area contributed by atoms with E-state index in [1.54, 1.807) is 0 Å². The van der Waals surface area contributed by atoms with Crippen molar-refractivity contribution in [2.75, 3.05) is 0 Å². The van der Waals surface area contributed by atoms with Gasteiger partial charge in [-0.3, -0.25) is 9.36 Å². The summed E-state index contributed by atoms with van der Waals surface area (Å²) in [5.41, 5.74) is 2.38. The van der Waals surface area contributed by atoms with Crippen LogP contribution in [0.15, 0.2) is 30.5 Å². The third kappa shape index (κ3) is 2.73. The largest absolute Gasteiger partial charge is 0.287 e. The second-order valence-corrected chi connectivity index (χ2v) is 5.27. The summed E-state index contributed by atoms with van der Waals surface area (Å²) in [5, 5.41) is 1.17. The van der Waals surface area contributed by atoms with Gasteiger partial charge >= 0.3 is 0 Å². The maximum Gasteiger partial charge on any atom is 0.234 e. The summed E-state index contributed by atoms with van der Waals surface area (Å²) >= 11 is 0. The molecule has 0 spiro atoms. The zero-order chi connectivity index (χ0) is 14.0. The molecule has 1 aliphatic rings. The highest BCUT2D eigenvalue weighted by Gasteiger charge is 2.31. The molecule has 0 aliphatic heterocycles. The number of carbonyl (C=O) groups is 1. The lowest BCUT2D eigenvalue weighted by atomic mass is 10.0. The van der Waals surface area contributed by atoms with Gasteiger partial charge in [0.25, 0.3) is 0 Å². The first-order valence-electron chi connectivity index (χ1n) is 7.32. The fraction of sp³-hybridized carbons (Fsp3) is 0.471. The lowest BCUT2D eigenvalue weighted by Crippen LogP contribution is -2.10. The highest BCUT2D eigenvalue weighted by molar-refractivity contribution is 5.94. The summed E-state index contributed by atoms with van der Waals surface area (Å²) in [7, 11) is 0. The van der Waals surface area contributed by atoms with Gasteiger partial charge in [0.15, 0.2) is 0 Å². The molecular formula is C17H23NO. The molecule has 1 aromatic carbocycles. The van der Waals surface area contributed by atoms with E-state index < -0.39 is 0 Å². The summed E-state index contributed by atoms with van der Waals surface area (Å²) in [6, 6.07) is 8.44. The van der Waals surface area contributed by atoms with Crippen molar-refractivity contribution in [3.05, 3.63) is 36.0 Å². The predicted molar refractivity (Wildman–Crippen MR) is 80.7 cm³/mol. The van der Waals surface area contributed by atoms with Gasteiger partial charge in [-0.05, 0) is 42.5 Å². The Morgan fingerprint density at radius 1 is 1.21 bits per heavy atom. The van der Waals surface area contributed by atoms with Crippen molar-refractivity contribution in [2.24, 2.45) is 5.92 Å². The van der Waals surface area contributed by atoms with Crippen molar-refractivity contribution in [1.82, 2.24) is 4.57 Å². The average molecular weight is 257 g/mol. The normalized spacial score (nSPS) is 14.4. The summed E-state index contributed by atoms with van der Waals surface area (Å²) < 4.78 is 1.82. The van der Waals surface area contributed by atoms with Crippen molar-refractivity contribution in [3.63, 3.8) is 0 Å². The fourth-order valence-corrected chi connectivity index (χ4v) is 2.24. The second-order valence-electron chi connectivity index (χ2n) is 5.27. The van der Waals surface area contributed by atoms with Gasteiger partial charge in [0, 0.05) is 17.5 Å². The monoisotopic (exact) mass is 257 g/mol. The molecule has 0 saturated heterocycles. The molecule has 1 fully saturated rings. The third-order valence-corrected chi connectivity index (χ3v) is 3.54. The minimum Gasteiger partial charge on any atom is -0.287 e. The Kier molecular flexibility index (Phi) is 4.08. The number of benzene rings is 1. The maximum absolute atomic E-state index is 12.1. The molecule has 0 radical (unpaired) electrons. The molecule has 1 heterocycles. The van der Waals surface area contributed by atoms with E-state index in [-0.39, 0.29) is 11.8 Å². The Labute approximate surface area is 115 Å². The number of carbonyl (C=O) groups excluding carboxylic acids is 1. The van der Waals surface area contributed by atoms with E-state index in [4.69, 9.17) is 0 Å². The van der Waals surface area contributed by atoms with Crippen LogP contribution < -0.4 is 0 Å². The number of hydrogen-bond donors (Lipinski definition) is 0. The summed E-state index contributed by atoms with van der Waals surface area (Å²) in [5.74, 6) is 1.06. The van der Waals surface area contributed by atoms with E-state index in [9.17, 15) is 4.79 Å². The van der Waals surface area contributed by atoms with Gasteiger partial charge in [-0.2, -0.15) is 0 Å². The molecule has 0 bridgehead atoms. The molecule has 1 aliphatic carbocycles. The Morgan fingerprint density at radius 2 is 1.89 bits per heavy atom. The molecule has 19 heavy (non-hydrogen) atoms. The van der Waals surface area contributed by atoms with Crippen LogP contribution in [0.4, 0.5) is 0 Å². The SMILES string of the molecule is CC.CC(C)c1ccc2c(ccn2C(=O)C2CC2)c1. The standard InChI is InChI=1S/C15H17NO.C2H6/c1-10(2)12-5-6-14-13(9-12)7-8-16(14)15(17)11-3-4-11;1-2/h5-11H,3-4H2,1-2H3;1-2H3. The van der Waals surface area contributed by atoms with Gasteiger partial charge in [-0.25, -0.2) is 0 Å². The van der Waals surface area contributed by atoms with Gasteiger partial charge in [-0.15, -0.1) is 0 Å². The summed E-state index contributed by atoms with van der Waals surface area (Å²) in [6.07, 6.45) is 4.03. The molecule has 1 aromatic heterocycles. The Balaban J connectivity index is 0.000000637. The van der Waals surface area contributed by atoms with Gasteiger partial charge in [0.05, 0.1) is 5.52 Å². The highest BCUT2D eigenvalue weighted by atomic mass is 16.2. The van der Waals surface area contributed by atoms with Gasteiger partial charge in [0.2, 0.25) is 5.91 Å². The Hall–Kier alpha value is -1.57. The first kappa shape index (κ1) is 13.9. The van der Waals surface area contributed by atoms with Gasteiger partial charge < -0.3 is 0 Å². The molecule has 0 amide bonds. The second kappa shape index (κ2) is 5.60.